The number of nitriles is 1. The second-order valence-electron chi connectivity index (χ2n) is 6.25. The van der Waals surface area contributed by atoms with Crippen molar-refractivity contribution in [2.75, 3.05) is 26.2 Å². The highest BCUT2D eigenvalue weighted by Gasteiger charge is 2.25. The van der Waals surface area contributed by atoms with E-state index in [0.717, 1.165) is 12.1 Å². The molecule has 138 valence electrons. The molecule has 27 heavy (non-hydrogen) atoms. The molecule has 1 aliphatic rings. The number of carbonyl (C=O) groups excluding carboxylic acids is 2. The molecule has 0 unspecified atom stereocenters. The molecule has 0 radical (unpaired) electrons. The molecule has 1 saturated heterocycles. The molecule has 1 heterocycles. The average molecular weight is 369 g/mol. The Morgan fingerprint density at radius 3 is 2.30 bits per heavy atom. The van der Waals surface area contributed by atoms with Crippen LogP contribution in [0.4, 0.5) is 8.78 Å². The van der Waals surface area contributed by atoms with Crippen molar-refractivity contribution in [1.29, 1.82) is 5.26 Å². The second kappa shape index (κ2) is 7.96. The number of amides is 2. The first-order valence-corrected chi connectivity index (χ1v) is 8.53. The topological polar surface area (TPSA) is 64.4 Å². The Hall–Kier alpha value is -3.27. The molecular weight excluding hydrogens is 352 g/mol. The van der Waals surface area contributed by atoms with Crippen LogP contribution in [-0.2, 0) is 0 Å². The van der Waals surface area contributed by atoms with Crippen LogP contribution >= 0.6 is 0 Å². The number of benzene rings is 2. The van der Waals surface area contributed by atoms with E-state index in [1.807, 2.05) is 6.07 Å². The minimum atomic E-state index is -0.898. The van der Waals surface area contributed by atoms with E-state index in [1.165, 1.54) is 11.0 Å². The Labute approximate surface area is 155 Å². The SMILES string of the molecule is N#Cc1cccc(C(=O)N2CCCN(C(=O)c3ccc(F)cc3F)CC2)c1. The molecule has 7 heteroatoms. The molecule has 0 N–H and O–H groups in total. The first-order chi connectivity index (χ1) is 13.0. The van der Waals surface area contributed by atoms with E-state index in [4.69, 9.17) is 5.26 Å². The highest BCUT2D eigenvalue weighted by atomic mass is 19.1. The summed E-state index contributed by atoms with van der Waals surface area (Å²) in [6, 6.07) is 11.3. The first kappa shape index (κ1) is 18.5. The number of hydrogen-bond acceptors (Lipinski definition) is 3. The number of halogens is 2. The summed E-state index contributed by atoms with van der Waals surface area (Å²) in [6.45, 7) is 1.37. The van der Waals surface area contributed by atoms with Gasteiger partial charge in [0.05, 0.1) is 17.2 Å². The molecule has 5 nitrogen and oxygen atoms in total. The lowest BCUT2D eigenvalue weighted by Crippen LogP contribution is -2.37. The molecule has 0 saturated carbocycles. The predicted octanol–water partition coefficient (Wildman–Crippen LogP) is 2.82. The lowest BCUT2D eigenvalue weighted by molar-refractivity contribution is 0.0716. The van der Waals surface area contributed by atoms with Crippen molar-refractivity contribution in [3.8, 4) is 6.07 Å². The summed E-state index contributed by atoms with van der Waals surface area (Å²) in [4.78, 5) is 28.3. The van der Waals surface area contributed by atoms with E-state index in [0.29, 0.717) is 43.2 Å². The van der Waals surface area contributed by atoms with E-state index in [1.54, 1.807) is 23.1 Å². The van der Waals surface area contributed by atoms with Crippen LogP contribution in [0.3, 0.4) is 0 Å². The molecule has 3 rings (SSSR count). The monoisotopic (exact) mass is 369 g/mol. The summed E-state index contributed by atoms with van der Waals surface area (Å²) < 4.78 is 26.9. The third-order valence-electron chi connectivity index (χ3n) is 4.47. The van der Waals surface area contributed by atoms with Crippen molar-refractivity contribution in [1.82, 2.24) is 9.80 Å². The molecule has 2 aromatic carbocycles. The summed E-state index contributed by atoms with van der Waals surface area (Å²) >= 11 is 0. The van der Waals surface area contributed by atoms with Crippen molar-refractivity contribution < 1.29 is 18.4 Å². The summed E-state index contributed by atoms with van der Waals surface area (Å²) in [6.07, 6.45) is 0.540. The minimum Gasteiger partial charge on any atom is -0.337 e. The number of rotatable bonds is 2. The zero-order valence-corrected chi connectivity index (χ0v) is 14.5. The molecule has 0 aromatic heterocycles. The van der Waals surface area contributed by atoms with Gasteiger partial charge in [0.15, 0.2) is 0 Å². The Balaban J connectivity index is 1.70. The smallest absolute Gasteiger partial charge is 0.256 e. The van der Waals surface area contributed by atoms with Crippen molar-refractivity contribution in [2.45, 2.75) is 6.42 Å². The van der Waals surface area contributed by atoms with Crippen molar-refractivity contribution in [3.05, 3.63) is 70.8 Å². The highest BCUT2D eigenvalue weighted by molar-refractivity contribution is 5.95. The maximum Gasteiger partial charge on any atom is 0.256 e. The van der Waals surface area contributed by atoms with Gasteiger partial charge in [0, 0.05) is 37.8 Å². The van der Waals surface area contributed by atoms with Crippen LogP contribution in [-0.4, -0.2) is 47.8 Å². The van der Waals surface area contributed by atoms with Gasteiger partial charge >= 0.3 is 0 Å². The molecule has 0 bridgehead atoms. The standard InChI is InChI=1S/C20H17F2N3O2/c21-16-5-6-17(18(22)12-16)20(27)25-8-2-7-24(9-10-25)19(26)15-4-1-3-14(11-15)13-23/h1,3-6,11-12H,2,7-10H2. The fraction of sp³-hybridized carbons (Fsp3) is 0.250. The molecule has 1 aliphatic heterocycles. The summed E-state index contributed by atoms with van der Waals surface area (Å²) in [5.74, 6) is -2.37. The van der Waals surface area contributed by atoms with Gasteiger partial charge < -0.3 is 9.80 Å². The van der Waals surface area contributed by atoms with Crippen LogP contribution in [0.25, 0.3) is 0 Å². The Morgan fingerprint density at radius 1 is 0.926 bits per heavy atom. The summed E-state index contributed by atoms with van der Waals surface area (Å²) in [7, 11) is 0. The van der Waals surface area contributed by atoms with Crippen molar-refractivity contribution >= 4 is 11.8 Å². The van der Waals surface area contributed by atoms with E-state index in [2.05, 4.69) is 0 Å². The van der Waals surface area contributed by atoms with Gasteiger partial charge in [0.25, 0.3) is 11.8 Å². The predicted molar refractivity (Wildman–Crippen MR) is 93.9 cm³/mol. The summed E-state index contributed by atoms with van der Waals surface area (Å²) in [5.41, 5.74) is 0.635. The normalized spacial score (nSPS) is 14.4. The Kier molecular flexibility index (Phi) is 5.46. The van der Waals surface area contributed by atoms with E-state index < -0.39 is 17.5 Å². The Morgan fingerprint density at radius 2 is 1.63 bits per heavy atom. The van der Waals surface area contributed by atoms with E-state index >= 15 is 0 Å². The van der Waals surface area contributed by atoms with Crippen LogP contribution in [0.15, 0.2) is 42.5 Å². The quantitative estimate of drug-likeness (QED) is 0.818. The maximum atomic E-state index is 13.9. The molecule has 0 spiro atoms. The number of nitrogens with zero attached hydrogens (tertiary/aromatic N) is 3. The van der Waals surface area contributed by atoms with Crippen LogP contribution < -0.4 is 0 Å². The Bertz CT molecular complexity index is 924. The number of hydrogen-bond donors (Lipinski definition) is 0. The zero-order valence-electron chi connectivity index (χ0n) is 14.5. The molecular formula is C20H17F2N3O2. The largest absolute Gasteiger partial charge is 0.337 e. The third-order valence-corrected chi connectivity index (χ3v) is 4.47. The lowest BCUT2D eigenvalue weighted by Gasteiger charge is -2.22. The molecule has 1 fully saturated rings. The van der Waals surface area contributed by atoms with Gasteiger partial charge in [-0.15, -0.1) is 0 Å². The van der Waals surface area contributed by atoms with E-state index in [9.17, 15) is 18.4 Å². The van der Waals surface area contributed by atoms with E-state index in [-0.39, 0.29) is 18.0 Å². The van der Waals surface area contributed by atoms with Crippen LogP contribution in [0.5, 0.6) is 0 Å². The van der Waals surface area contributed by atoms with Gasteiger partial charge in [-0.2, -0.15) is 5.26 Å². The molecule has 0 atom stereocenters. The first-order valence-electron chi connectivity index (χ1n) is 8.53. The van der Waals surface area contributed by atoms with Crippen LogP contribution in [0.2, 0.25) is 0 Å². The van der Waals surface area contributed by atoms with Crippen molar-refractivity contribution in [3.63, 3.8) is 0 Å². The average Bonchev–Trinajstić information content (AvgIpc) is 2.93. The molecule has 2 aromatic rings. The van der Waals surface area contributed by atoms with Gasteiger partial charge in [-0.3, -0.25) is 9.59 Å². The zero-order chi connectivity index (χ0) is 19.4. The van der Waals surface area contributed by atoms with Gasteiger partial charge in [0.2, 0.25) is 0 Å². The van der Waals surface area contributed by atoms with Gasteiger partial charge in [-0.25, -0.2) is 8.78 Å². The number of carbonyl (C=O) groups is 2. The fourth-order valence-electron chi connectivity index (χ4n) is 3.06. The van der Waals surface area contributed by atoms with Crippen LogP contribution in [0.1, 0.15) is 32.7 Å². The van der Waals surface area contributed by atoms with Gasteiger partial charge in [-0.1, -0.05) is 6.07 Å². The third kappa shape index (κ3) is 4.11. The molecule has 0 aliphatic carbocycles. The minimum absolute atomic E-state index is 0.183. The van der Waals surface area contributed by atoms with Gasteiger partial charge in [-0.05, 0) is 36.8 Å². The summed E-state index contributed by atoms with van der Waals surface area (Å²) in [5, 5.41) is 8.97. The van der Waals surface area contributed by atoms with Crippen molar-refractivity contribution in [2.24, 2.45) is 0 Å². The van der Waals surface area contributed by atoms with Crippen LogP contribution in [0, 0.1) is 23.0 Å². The molecule has 2 amide bonds. The maximum absolute atomic E-state index is 13.9. The fourth-order valence-corrected chi connectivity index (χ4v) is 3.06. The highest BCUT2D eigenvalue weighted by Crippen LogP contribution is 2.16. The second-order valence-corrected chi connectivity index (χ2v) is 6.25. The van der Waals surface area contributed by atoms with Gasteiger partial charge in [0.1, 0.15) is 11.6 Å². The lowest BCUT2D eigenvalue weighted by atomic mass is 10.1.